The topological polar surface area (TPSA) is 69.4 Å². The van der Waals surface area contributed by atoms with E-state index in [-0.39, 0.29) is 17.6 Å². The highest BCUT2D eigenvalue weighted by molar-refractivity contribution is 7.89. The van der Waals surface area contributed by atoms with Crippen LogP contribution in [0.3, 0.4) is 0 Å². The fraction of sp³-hybridized carbons (Fsp3) is 1.00. The summed E-state index contributed by atoms with van der Waals surface area (Å²) in [6.45, 7) is 4.53. The van der Waals surface area contributed by atoms with E-state index in [2.05, 4.69) is 0 Å². The number of sulfonamides is 1. The molecule has 0 aliphatic heterocycles. The lowest BCUT2D eigenvalue weighted by Crippen LogP contribution is -2.30. The number of ether oxygens (including phenoxy) is 1. The molecule has 0 aromatic carbocycles. The molecular weight excluding hydrogens is 226 g/mol. The molecule has 1 saturated carbocycles. The molecule has 4 nitrogen and oxygen atoms in total. The van der Waals surface area contributed by atoms with Gasteiger partial charge in [-0.15, -0.1) is 0 Å². The highest BCUT2D eigenvalue weighted by atomic mass is 32.2. The fourth-order valence-corrected chi connectivity index (χ4v) is 3.12. The van der Waals surface area contributed by atoms with Gasteiger partial charge in [0.25, 0.3) is 0 Å². The van der Waals surface area contributed by atoms with E-state index in [9.17, 15) is 8.42 Å². The lowest BCUT2D eigenvalue weighted by Gasteiger charge is -2.22. The minimum atomic E-state index is -3.39. The first-order valence-corrected chi connectivity index (χ1v) is 7.72. The van der Waals surface area contributed by atoms with Crippen molar-refractivity contribution in [2.24, 2.45) is 17.0 Å². The Morgan fingerprint density at radius 1 is 1.31 bits per heavy atom. The van der Waals surface area contributed by atoms with E-state index in [4.69, 9.17) is 9.88 Å². The monoisotopic (exact) mass is 249 g/mol. The maximum Gasteiger partial charge on any atom is 0.209 e. The standard InChI is InChI=1S/C11H23NO3S/c1-9(2)10(8-16(12,13)14)7-15-11-5-3-4-6-11/h9-11H,3-8H2,1-2H3,(H2,12,13,14). The zero-order chi connectivity index (χ0) is 12.2. The normalized spacial score (nSPS) is 20.5. The van der Waals surface area contributed by atoms with Crippen LogP contribution in [-0.2, 0) is 14.8 Å². The van der Waals surface area contributed by atoms with Gasteiger partial charge in [0.1, 0.15) is 0 Å². The molecule has 0 bridgehead atoms. The van der Waals surface area contributed by atoms with Crippen LogP contribution in [0.15, 0.2) is 0 Å². The summed E-state index contributed by atoms with van der Waals surface area (Å²) in [7, 11) is -3.39. The first-order chi connectivity index (χ1) is 7.38. The van der Waals surface area contributed by atoms with Crippen LogP contribution >= 0.6 is 0 Å². The molecule has 1 aliphatic carbocycles. The summed E-state index contributed by atoms with van der Waals surface area (Å²) in [5, 5.41) is 5.07. The van der Waals surface area contributed by atoms with Gasteiger partial charge >= 0.3 is 0 Å². The lowest BCUT2D eigenvalue weighted by atomic mass is 9.99. The molecule has 0 aromatic heterocycles. The van der Waals surface area contributed by atoms with Crippen LogP contribution in [0.4, 0.5) is 0 Å². The first-order valence-electron chi connectivity index (χ1n) is 6.00. The molecular formula is C11H23NO3S. The van der Waals surface area contributed by atoms with Crippen LogP contribution in [0, 0.1) is 11.8 Å². The average Bonchev–Trinajstić information content (AvgIpc) is 2.62. The van der Waals surface area contributed by atoms with Crippen LogP contribution < -0.4 is 5.14 Å². The van der Waals surface area contributed by atoms with Crippen molar-refractivity contribution in [3.05, 3.63) is 0 Å². The highest BCUT2D eigenvalue weighted by Crippen LogP contribution is 2.23. The molecule has 0 radical (unpaired) electrons. The van der Waals surface area contributed by atoms with E-state index in [1.165, 1.54) is 12.8 Å². The van der Waals surface area contributed by atoms with Gasteiger partial charge in [0.05, 0.1) is 18.5 Å². The minimum absolute atomic E-state index is 0.00981. The van der Waals surface area contributed by atoms with Gasteiger partial charge in [0, 0.05) is 0 Å². The van der Waals surface area contributed by atoms with Gasteiger partial charge in [-0.25, -0.2) is 13.6 Å². The number of primary sulfonamides is 1. The maximum atomic E-state index is 11.1. The lowest BCUT2D eigenvalue weighted by molar-refractivity contribution is 0.0283. The largest absolute Gasteiger partial charge is 0.378 e. The third kappa shape index (κ3) is 5.27. The molecule has 0 heterocycles. The van der Waals surface area contributed by atoms with Crippen molar-refractivity contribution in [1.29, 1.82) is 0 Å². The van der Waals surface area contributed by atoms with E-state index < -0.39 is 10.0 Å². The summed E-state index contributed by atoms with van der Waals surface area (Å²) >= 11 is 0. The third-order valence-electron chi connectivity index (χ3n) is 3.24. The maximum absolute atomic E-state index is 11.1. The summed E-state index contributed by atoms with van der Waals surface area (Å²) in [5.74, 6) is 0.313. The molecule has 1 fully saturated rings. The van der Waals surface area contributed by atoms with Crippen LogP contribution in [-0.4, -0.2) is 26.9 Å². The predicted molar refractivity (Wildman–Crippen MR) is 64.5 cm³/mol. The molecule has 1 atom stereocenters. The molecule has 0 spiro atoms. The molecule has 5 heteroatoms. The van der Waals surface area contributed by atoms with Crippen molar-refractivity contribution in [3.63, 3.8) is 0 Å². The molecule has 0 saturated heterocycles. The summed E-state index contributed by atoms with van der Waals surface area (Å²) in [5.41, 5.74) is 0. The summed E-state index contributed by atoms with van der Waals surface area (Å²) in [4.78, 5) is 0. The van der Waals surface area contributed by atoms with Gasteiger partial charge in [-0.1, -0.05) is 26.7 Å². The zero-order valence-electron chi connectivity index (χ0n) is 10.2. The second-order valence-electron chi connectivity index (χ2n) is 5.07. The number of nitrogens with two attached hydrogens (primary N) is 1. The third-order valence-corrected chi connectivity index (χ3v) is 4.13. The Morgan fingerprint density at radius 3 is 2.31 bits per heavy atom. The van der Waals surface area contributed by atoms with Gasteiger partial charge in [-0.05, 0) is 24.7 Å². The van der Waals surface area contributed by atoms with Gasteiger partial charge in [0.2, 0.25) is 10.0 Å². The van der Waals surface area contributed by atoms with Crippen molar-refractivity contribution >= 4 is 10.0 Å². The minimum Gasteiger partial charge on any atom is -0.378 e. The average molecular weight is 249 g/mol. The van der Waals surface area contributed by atoms with E-state index in [1.54, 1.807) is 0 Å². The van der Waals surface area contributed by atoms with Crippen LogP contribution in [0.2, 0.25) is 0 Å². The molecule has 1 rings (SSSR count). The Kier molecular flexibility index (Phi) is 5.21. The van der Waals surface area contributed by atoms with Crippen molar-refractivity contribution in [1.82, 2.24) is 0 Å². The molecule has 16 heavy (non-hydrogen) atoms. The molecule has 2 N–H and O–H groups in total. The summed E-state index contributed by atoms with van der Waals surface area (Å²) in [6.07, 6.45) is 5.01. The van der Waals surface area contributed by atoms with Crippen LogP contribution in [0.25, 0.3) is 0 Å². The van der Waals surface area contributed by atoms with E-state index >= 15 is 0 Å². The highest BCUT2D eigenvalue weighted by Gasteiger charge is 2.22. The molecule has 96 valence electrons. The summed E-state index contributed by atoms with van der Waals surface area (Å²) < 4.78 is 27.9. The van der Waals surface area contributed by atoms with Crippen LogP contribution in [0.5, 0.6) is 0 Å². The zero-order valence-corrected chi connectivity index (χ0v) is 11.0. The van der Waals surface area contributed by atoms with Gasteiger partial charge < -0.3 is 4.74 Å². The van der Waals surface area contributed by atoms with Crippen molar-refractivity contribution < 1.29 is 13.2 Å². The Hall–Kier alpha value is -0.130. The van der Waals surface area contributed by atoms with Crippen molar-refractivity contribution in [3.8, 4) is 0 Å². The van der Waals surface area contributed by atoms with E-state index in [1.807, 2.05) is 13.8 Å². The van der Waals surface area contributed by atoms with Crippen molar-refractivity contribution in [2.75, 3.05) is 12.4 Å². The second kappa shape index (κ2) is 5.98. The van der Waals surface area contributed by atoms with Gasteiger partial charge in [-0.2, -0.15) is 0 Å². The van der Waals surface area contributed by atoms with Crippen molar-refractivity contribution in [2.45, 2.75) is 45.6 Å². The van der Waals surface area contributed by atoms with Gasteiger partial charge in [-0.3, -0.25) is 0 Å². The number of hydrogen-bond acceptors (Lipinski definition) is 3. The second-order valence-corrected chi connectivity index (χ2v) is 6.73. The van der Waals surface area contributed by atoms with E-state index in [0.717, 1.165) is 12.8 Å². The molecule has 0 amide bonds. The SMILES string of the molecule is CC(C)C(COC1CCCC1)CS(N)(=O)=O. The molecule has 1 unspecified atom stereocenters. The first kappa shape index (κ1) is 13.9. The van der Waals surface area contributed by atoms with Crippen LogP contribution in [0.1, 0.15) is 39.5 Å². The Morgan fingerprint density at radius 2 is 1.88 bits per heavy atom. The molecule has 0 aromatic rings. The predicted octanol–water partition coefficient (Wildman–Crippen LogP) is 1.51. The van der Waals surface area contributed by atoms with Gasteiger partial charge in [0.15, 0.2) is 0 Å². The summed E-state index contributed by atoms with van der Waals surface area (Å²) in [6, 6.07) is 0. The Bertz CT molecular complexity index is 294. The molecule has 1 aliphatic rings. The smallest absolute Gasteiger partial charge is 0.209 e. The Balaban J connectivity index is 2.38. The quantitative estimate of drug-likeness (QED) is 0.775. The van der Waals surface area contributed by atoms with E-state index in [0.29, 0.717) is 12.7 Å². The number of hydrogen-bond donors (Lipinski definition) is 1. The number of rotatable bonds is 6. The fourth-order valence-electron chi connectivity index (χ4n) is 2.05. The Labute approximate surface area is 98.6 Å².